The molecule has 6 nitrogen and oxygen atoms in total. The monoisotopic (exact) mass is 274 g/mol. The van der Waals surface area contributed by atoms with Gasteiger partial charge in [0, 0.05) is 17.8 Å². The lowest BCUT2D eigenvalue weighted by Gasteiger charge is -2.10. The molecule has 1 heterocycles. The zero-order valence-electron chi connectivity index (χ0n) is 11.4. The standard InChI is InChI=1S/C14H14N2O4/c1-8-6-13(16-9(2)15-8)20-12-7-10(19-3)4-5-11(12)14(17)18/h4-7H,1-3H3,(H,17,18). The Morgan fingerprint density at radius 2 is 1.95 bits per heavy atom. The van der Waals surface area contributed by atoms with Crippen LogP contribution in [0, 0.1) is 13.8 Å². The van der Waals surface area contributed by atoms with Crippen molar-refractivity contribution in [3.05, 3.63) is 41.3 Å². The molecule has 0 aliphatic heterocycles. The SMILES string of the molecule is COc1ccc(C(=O)O)c(Oc2cc(C)nc(C)n2)c1. The predicted molar refractivity (Wildman–Crippen MR) is 71.5 cm³/mol. The molecule has 0 aliphatic rings. The van der Waals surface area contributed by atoms with Gasteiger partial charge in [-0.15, -0.1) is 0 Å². The van der Waals surface area contributed by atoms with Crippen LogP contribution in [0.3, 0.4) is 0 Å². The summed E-state index contributed by atoms with van der Waals surface area (Å²) in [5.74, 6) is 0.456. The van der Waals surface area contributed by atoms with E-state index in [4.69, 9.17) is 14.6 Å². The number of aromatic carboxylic acids is 1. The Balaban J connectivity index is 2.42. The van der Waals surface area contributed by atoms with Crippen LogP contribution in [-0.2, 0) is 0 Å². The van der Waals surface area contributed by atoms with Crippen molar-refractivity contribution in [3.8, 4) is 17.4 Å². The Morgan fingerprint density at radius 3 is 2.55 bits per heavy atom. The highest BCUT2D eigenvalue weighted by Crippen LogP contribution is 2.28. The summed E-state index contributed by atoms with van der Waals surface area (Å²) in [7, 11) is 1.50. The van der Waals surface area contributed by atoms with Gasteiger partial charge in [-0.3, -0.25) is 0 Å². The molecule has 0 saturated carbocycles. The lowest BCUT2D eigenvalue weighted by Crippen LogP contribution is -2.02. The predicted octanol–water partition coefficient (Wildman–Crippen LogP) is 2.59. The fraction of sp³-hybridized carbons (Fsp3) is 0.214. The van der Waals surface area contributed by atoms with E-state index in [0.717, 1.165) is 5.69 Å². The highest BCUT2D eigenvalue weighted by Gasteiger charge is 2.14. The number of hydrogen-bond acceptors (Lipinski definition) is 5. The number of hydrogen-bond donors (Lipinski definition) is 1. The van der Waals surface area contributed by atoms with Crippen molar-refractivity contribution < 1.29 is 19.4 Å². The Bertz CT molecular complexity index is 635. The maximum atomic E-state index is 11.2. The van der Waals surface area contributed by atoms with Gasteiger partial charge in [0.25, 0.3) is 0 Å². The number of nitrogens with zero attached hydrogens (tertiary/aromatic N) is 2. The number of rotatable bonds is 4. The number of carbonyl (C=O) groups is 1. The highest BCUT2D eigenvalue weighted by atomic mass is 16.5. The lowest BCUT2D eigenvalue weighted by atomic mass is 10.2. The first kappa shape index (κ1) is 13.8. The van der Waals surface area contributed by atoms with Crippen molar-refractivity contribution >= 4 is 5.97 Å². The second-order valence-corrected chi connectivity index (χ2v) is 4.16. The fourth-order valence-electron chi connectivity index (χ4n) is 1.74. The smallest absolute Gasteiger partial charge is 0.339 e. The van der Waals surface area contributed by atoms with Crippen molar-refractivity contribution in [2.75, 3.05) is 7.11 Å². The second kappa shape index (κ2) is 5.56. The molecular weight excluding hydrogens is 260 g/mol. The van der Waals surface area contributed by atoms with E-state index in [9.17, 15) is 4.79 Å². The van der Waals surface area contributed by atoms with E-state index >= 15 is 0 Å². The first-order valence-electron chi connectivity index (χ1n) is 5.91. The second-order valence-electron chi connectivity index (χ2n) is 4.16. The van der Waals surface area contributed by atoms with E-state index in [1.165, 1.54) is 19.2 Å². The Hall–Kier alpha value is -2.63. The summed E-state index contributed by atoms with van der Waals surface area (Å²) in [4.78, 5) is 19.4. The third-order valence-electron chi connectivity index (χ3n) is 2.58. The number of carboxylic acid groups (broad SMARTS) is 1. The maximum absolute atomic E-state index is 11.2. The van der Waals surface area contributed by atoms with E-state index in [0.29, 0.717) is 17.5 Å². The molecule has 0 unspecified atom stereocenters. The van der Waals surface area contributed by atoms with Gasteiger partial charge in [0.1, 0.15) is 22.9 Å². The van der Waals surface area contributed by atoms with Gasteiger partial charge in [-0.05, 0) is 26.0 Å². The number of ether oxygens (including phenoxy) is 2. The molecule has 0 spiro atoms. The van der Waals surface area contributed by atoms with Crippen LogP contribution in [0.4, 0.5) is 0 Å². The fourth-order valence-corrected chi connectivity index (χ4v) is 1.74. The first-order chi connectivity index (χ1) is 9.49. The van der Waals surface area contributed by atoms with Crippen molar-refractivity contribution in [1.29, 1.82) is 0 Å². The molecule has 6 heteroatoms. The van der Waals surface area contributed by atoms with Crippen LogP contribution in [0.15, 0.2) is 24.3 Å². The van der Waals surface area contributed by atoms with Crippen molar-refractivity contribution in [3.63, 3.8) is 0 Å². The average Bonchev–Trinajstić information content (AvgIpc) is 2.37. The molecule has 0 bridgehead atoms. The van der Waals surface area contributed by atoms with Gasteiger partial charge < -0.3 is 14.6 Å². The molecule has 0 amide bonds. The summed E-state index contributed by atoms with van der Waals surface area (Å²) in [6.07, 6.45) is 0. The molecule has 0 radical (unpaired) electrons. The minimum Gasteiger partial charge on any atom is -0.497 e. The van der Waals surface area contributed by atoms with Gasteiger partial charge in [0.15, 0.2) is 0 Å². The lowest BCUT2D eigenvalue weighted by molar-refractivity contribution is 0.0694. The molecule has 2 aromatic rings. The first-order valence-corrected chi connectivity index (χ1v) is 5.91. The summed E-state index contributed by atoms with van der Waals surface area (Å²) in [5, 5.41) is 9.16. The quantitative estimate of drug-likeness (QED) is 0.922. The maximum Gasteiger partial charge on any atom is 0.339 e. The summed E-state index contributed by atoms with van der Waals surface area (Å²) in [5.41, 5.74) is 0.784. The summed E-state index contributed by atoms with van der Waals surface area (Å²) in [6, 6.07) is 6.14. The molecule has 0 aliphatic carbocycles. The van der Waals surface area contributed by atoms with Gasteiger partial charge >= 0.3 is 5.97 Å². The number of aromatic nitrogens is 2. The van der Waals surface area contributed by atoms with Gasteiger partial charge in [0.05, 0.1) is 7.11 Å². The van der Waals surface area contributed by atoms with Crippen LogP contribution in [0.2, 0.25) is 0 Å². The molecule has 1 aromatic carbocycles. The van der Waals surface area contributed by atoms with Crippen LogP contribution in [0.1, 0.15) is 21.9 Å². The summed E-state index contributed by atoms with van der Waals surface area (Å²) in [6.45, 7) is 3.55. The normalized spacial score (nSPS) is 10.2. The highest BCUT2D eigenvalue weighted by molar-refractivity contribution is 5.91. The van der Waals surface area contributed by atoms with Gasteiger partial charge in [0.2, 0.25) is 5.88 Å². The molecule has 1 N–H and O–H groups in total. The summed E-state index contributed by atoms with van der Waals surface area (Å²) < 4.78 is 10.6. The molecular formula is C14H14N2O4. The Kier molecular flexibility index (Phi) is 3.84. The number of methoxy groups -OCH3 is 1. The molecule has 0 saturated heterocycles. The van der Waals surface area contributed by atoms with Crippen LogP contribution >= 0.6 is 0 Å². The molecule has 104 valence electrons. The van der Waals surface area contributed by atoms with E-state index in [1.807, 2.05) is 6.92 Å². The summed E-state index contributed by atoms with van der Waals surface area (Å²) >= 11 is 0. The van der Waals surface area contributed by atoms with Crippen molar-refractivity contribution in [1.82, 2.24) is 9.97 Å². The Labute approximate surface area is 116 Å². The average molecular weight is 274 g/mol. The molecule has 0 atom stereocenters. The Morgan fingerprint density at radius 1 is 1.20 bits per heavy atom. The van der Waals surface area contributed by atoms with E-state index in [-0.39, 0.29) is 11.3 Å². The van der Waals surface area contributed by atoms with Gasteiger partial charge in [-0.2, -0.15) is 4.98 Å². The van der Waals surface area contributed by atoms with E-state index < -0.39 is 5.97 Å². The number of aryl methyl sites for hydroxylation is 2. The zero-order valence-corrected chi connectivity index (χ0v) is 11.4. The molecule has 0 fully saturated rings. The van der Waals surface area contributed by atoms with Gasteiger partial charge in [-0.25, -0.2) is 9.78 Å². The topological polar surface area (TPSA) is 81.5 Å². The molecule has 2 rings (SSSR count). The number of carboxylic acids is 1. The van der Waals surface area contributed by atoms with E-state index in [1.54, 1.807) is 19.1 Å². The zero-order chi connectivity index (χ0) is 14.7. The van der Waals surface area contributed by atoms with Crippen molar-refractivity contribution in [2.45, 2.75) is 13.8 Å². The van der Waals surface area contributed by atoms with E-state index in [2.05, 4.69) is 9.97 Å². The van der Waals surface area contributed by atoms with Crippen LogP contribution < -0.4 is 9.47 Å². The minimum absolute atomic E-state index is 0.0414. The van der Waals surface area contributed by atoms with Crippen LogP contribution in [0.25, 0.3) is 0 Å². The molecule has 20 heavy (non-hydrogen) atoms. The third kappa shape index (κ3) is 3.03. The van der Waals surface area contributed by atoms with Crippen molar-refractivity contribution in [2.24, 2.45) is 0 Å². The third-order valence-corrected chi connectivity index (χ3v) is 2.58. The molecule has 1 aromatic heterocycles. The minimum atomic E-state index is -1.08. The largest absolute Gasteiger partial charge is 0.497 e. The van der Waals surface area contributed by atoms with Gasteiger partial charge in [-0.1, -0.05) is 0 Å². The van der Waals surface area contributed by atoms with Crippen LogP contribution in [-0.4, -0.2) is 28.2 Å². The number of benzene rings is 1. The van der Waals surface area contributed by atoms with Crippen LogP contribution in [0.5, 0.6) is 17.4 Å².